The van der Waals surface area contributed by atoms with Gasteiger partial charge in [0.15, 0.2) is 0 Å². The van der Waals surface area contributed by atoms with Crippen LogP contribution in [-0.2, 0) is 16.1 Å². The summed E-state index contributed by atoms with van der Waals surface area (Å²) in [5.41, 5.74) is 0.943. The van der Waals surface area contributed by atoms with E-state index in [0.29, 0.717) is 36.0 Å². The smallest absolute Gasteiger partial charge is 0.415 e. The number of amides is 2. The summed E-state index contributed by atoms with van der Waals surface area (Å²) >= 11 is 0. The zero-order chi connectivity index (χ0) is 27.0. The first-order valence-electron chi connectivity index (χ1n) is 12.8. The molecule has 3 atom stereocenters. The molecule has 9 nitrogen and oxygen atoms in total. The Balaban J connectivity index is 1.22. The summed E-state index contributed by atoms with van der Waals surface area (Å²) in [4.78, 5) is 35.3. The van der Waals surface area contributed by atoms with Gasteiger partial charge in [0.05, 0.1) is 24.7 Å². The maximum Gasteiger partial charge on any atom is 0.415 e. The summed E-state index contributed by atoms with van der Waals surface area (Å²) in [5, 5.41) is 5.45. The predicted octanol–water partition coefficient (Wildman–Crippen LogP) is 3.87. The maximum atomic E-state index is 15.0. The Labute approximate surface area is 218 Å². The number of carbonyl (C=O) groups is 2. The molecule has 2 saturated heterocycles. The lowest BCUT2D eigenvalue weighted by Crippen LogP contribution is -2.57. The predicted molar refractivity (Wildman–Crippen MR) is 133 cm³/mol. The third-order valence-corrected chi connectivity index (χ3v) is 7.33. The van der Waals surface area contributed by atoms with Gasteiger partial charge in [-0.15, -0.1) is 0 Å². The van der Waals surface area contributed by atoms with E-state index in [2.05, 4.69) is 20.6 Å². The number of anilines is 2. The number of nitrogens with one attached hydrogen (secondary N) is 2. The number of aromatic nitrogens is 2. The second-order valence-corrected chi connectivity index (χ2v) is 10.3. The van der Waals surface area contributed by atoms with E-state index in [4.69, 9.17) is 4.74 Å². The number of carbonyl (C=O) groups excluding carboxylic acids is 2. The van der Waals surface area contributed by atoms with Crippen LogP contribution < -0.4 is 15.5 Å². The number of halogens is 3. The van der Waals surface area contributed by atoms with Gasteiger partial charge in [-0.1, -0.05) is 12.1 Å². The number of rotatable bonds is 8. The van der Waals surface area contributed by atoms with Crippen molar-refractivity contribution >= 4 is 23.8 Å². The molecule has 3 aliphatic rings. The molecule has 0 bridgehead atoms. The molecule has 2 aliphatic heterocycles. The van der Waals surface area contributed by atoms with Crippen molar-refractivity contribution in [1.29, 1.82) is 0 Å². The van der Waals surface area contributed by atoms with Crippen molar-refractivity contribution in [2.75, 3.05) is 29.9 Å². The fraction of sp³-hybridized carbons (Fsp3) is 0.538. The van der Waals surface area contributed by atoms with Gasteiger partial charge >= 0.3 is 6.09 Å². The Bertz CT molecular complexity index is 1210. The first-order valence-corrected chi connectivity index (χ1v) is 12.8. The average molecular weight is 533 g/mol. The van der Waals surface area contributed by atoms with Gasteiger partial charge in [-0.05, 0) is 49.8 Å². The van der Waals surface area contributed by atoms with Crippen molar-refractivity contribution < 1.29 is 27.5 Å². The minimum Gasteiger partial charge on any atom is -0.447 e. The fourth-order valence-corrected chi connectivity index (χ4v) is 5.13. The second kappa shape index (κ2) is 10.4. The molecule has 1 aliphatic carbocycles. The number of nitrogens with zero attached hydrogens (tertiary/aromatic N) is 4. The Morgan fingerprint density at radius 2 is 2.05 bits per heavy atom. The summed E-state index contributed by atoms with van der Waals surface area (Å²) < 4.78 is 49.2. The molecule has 12 heteroatoms. The largest absolute Gasteiger partial charge is 0.447 e. The molecular formula is C26H31F3N6O3. The Morgan fingerprint density at radius 3 is 2.74 bits per heavy atom. The zero-order valence-corrected chi connectivity index (χ0v) is 21.3. The lowest BCUT2D eigenvalue weighted by molar-refractivity contribution is -0.129. The number of piperidine rings is 1. The maximum absolute atomic E-state index is 15.0. The van der Waals surface area contributed by atoms with Gasteiger partial charge in [-0.2, -0.15) is 4.98 Å². The molecule has 1 aromatic carbocycles. The molecule has 0 radical (unpaired) electrons. The minimum absolute atomic E-state index is 0.0274. The van der Waals surface area contributed by atoms with Gasteiger partial charge in [0.25, 0.3) is 5.92 Å². The van der Waals surface area contributed by atoms with E-state index in [1.807, 2.05) is 6.92 Å². The zero-order valence-electron chi connectivity index (χ0n) is 21.3. The molecule has 3 heterocycles. The van der Waals surface area contributed by atoms with Gasteiger partial charge in [-0.3, -0.25) is 14.6 Å². The Hall–Kier alpha value is -3.41. The third kappa shape index (κ3) is 5.69. The standard InChI is InChI=1S/C26H31F3N6O3/c1-15(31-24-30-9-7-23(33-24)35-21(17-3-4-17)13-38-25(35)37)18-5-6-19(20(27)11-18)12-34-10-8-22(32-16(2)36)26(28,29)14-34/h5-7,9,11,15,17,21-22H,3-4,8,10,12-14H2,1-2H3,(H,32,36)(H,30,31,33)/t15-,21?,22?/m0/s1. The van der Waals surface area contributed by atoms with E-state index in [1.54, 1.807) is 29.3 Å². The lowest BCUT2D eigenvalue weighted by Gasteiger charge is -2.38. The van der Waals surface area contributed by atoms with Crippen LogP contribution in [0.3, 0.4) is 0 Å². The van der Waals surface area contributed by atoms with Crippen molar-refractivity contribution in [3.05, 3.63) is 47.4 Å². The highest BCUT2D eigenvalue weighted by molar-refractivity contribution is 5.89. The Morgan fingerprint density at radius 1 is 1.26 bits per heavy atom. The summed E-state index contributed by atoms with van der Waals surface area (Å²) in [6.07, 6.45) is 3.34. The highest BCUT2D eigenvalue weighted by Gasteiger charge is 2.45. The number of cyclic esters (lactones) is 1. The van der Waals surface area contributed by atoms with E-state index >= 15 is 0 Å². The van der Waals surface area contributed by atoms with Crippen LogP contribution >= 0.6 is 0 Å². The fourth-order valence-electron chi connectivity index (χ4n) is 5.13. The highest BCUT2D eigenvalue weighted by Crippen LogP contribution is 2.39. The monoisotopic (exact) mass is 532 g/mol. The van der Waals surface area contributed by atoms with Crippen molar-refractivity contribution in [3.63, 3.8) is 0 Å². The van der Waals surface area contributed by atoms with Crippen LogP contribution in [-0.4, -0.2) is 64.6 Å². The molecule has 1 saturated carbocycles. The van der Waals surface area contributed by atoms with Gasteiger partial charge in [0, 0.05) is 31.8 Å². The normalized spacial score (nSPS) is 24.1. The van der Waals surface area contributed by atoms with E-state index in [-0.39, 0.29) is 31.0 Å². The molecule has 2 unspecified atom stereocenters. The first kappa shape index (κ1) is 26.2. The van der Waals surface area contributed by atoms with Crippen LogP contribution in [0, 0.1) is 11.7 Å². The van der Waals surface area contributed by atoms with Gasteiger partial charge < -0.3 is 15.4 Å². The molecule has 2 amide bonds. The molecule has 0 spiro atoms. The van der Waals surface area contributed by atoms with E-state index in [1.165, 1.54) is 17.9 Å². The van der Waals surface area contributed by atoms with Crippen molar-refractivity contribution in [1.82, 2.24) is 20.2 Å². The summed E-state index contributed by atoms with van der Waals surface area (Å²) in [6, 6.07) is 4.76. The van der Waals surface area contributed by atoms with E-state index < -0.39 is 36.3 Å². The van der Waals surface area contributed by atoms with Crippen LogP contribution in [0.5, 0.6) is 0 Å². The summed E-state index contributed by atoms with van der Waals surface area (Å²) in [7, 11) is 0. The quantitative estimate of drug-likeness (QED) is 0.533. The van der Waals surface area contributed by atoms with Crippen LogP contribution in [0.1, 0.15) is 50.3 Å². The highest BCUT2D eigenvalue weighted by atomic mass is 19.3. The van der Waals surface area contributed by atoms with Gasteiger partial charge in [0.2, 0.25) is 11.9 Å². The van der Waals surface area contributed by atoms with Crippen LogP contribution in [0.15, 0.2) is 30.5 Å². The average Bonchev–Trinajstić information content (AvgIpc) is 3.63. The number of benzene rings is 1. The molecule has 3 fully saturated rings. The first-order chi connectivity index (χ1) is 18.1. The number of ether oxygens (including phenoxy) is 1. The molecule has 2 N–H and O–H groups in total. The summed E-state index contributed by atoms with van der Waals surface area (Å²) in [6.45, 7) is 3.19. The topological polar surface area (TPSA) is 99.7 Å². The van der Waals surface area contributed by atoms with Crippen LogP contribution in [0.4, 0.5) is 29.7 Å². The number of hydrogen-bond acceptors (Lipinski definition) is 7. The third-order valence-electron chi connectivity index (χ3n) is 7.33. The summed E-state index contributed by atoms with van der Waals surface area (Å²) in [5.74, 6) is -2.93. The number of likely N-dealkylation sites (tertiary alicyclic amines) is 1. The SMILES string of the molecule is CC(=O)NC1CCN(Cc2ccc([C@H](C)Nc3nccc(N4C(=O)OCC4C4CC4)n3)cc2F)CC1(F)F. The molecule has 5 rings (SSSR count). The Kier molecular flexibility index (Phi) is 7.17. The lowest BCUT2D eigenvalue weighted by atomic mass is 9.99. The van der Waals surface area contributed by atoms with Crippen molar-refractivity contribution in [3.8, 4) is 0 Å². The molecular weight excluding hydrogens is 501 g/mol. The van der Waals surface area contributed by atoms with Gasteiger partial charge in [-0.25, -0.2) is 22.9 Å². The van der Waals surface area contributed by atoms with Crippen molar-refractivity contribution in [2.45, 2.75) is 63.7 Å². The van der Waals surface area contributed by atoms with Crippen LogP contribution in [0.25, 0.3) is 0 Å². The minimum atomic E-state index is -3.10. The van der Waals surface area contributed by atoms with E-state index in [9.17, 15) is 22.8 Å². The molecule has 204 valence electrons. The number of hydrogen-bond donors (Lipinski definition) is 2. The van der Waals surface area contributed by atoms with Crippen molar-refractivity contribution in [2.24, 2.45) is 5.92 Å². The van der Waals surface area contributed by atoms with E-state index in [0.717, 1.165) is 12.8 Å². The molecule has 38 heavy (non-hydrogen) atoms. The molecule has 1 aromatic heterocycles. The van der Waals surface area contributed by atoms with Crippen LogP contribution in [0.2, 0.25) is 0 Å². The number of alkyl halides is 2. The molecule has 2 aromatic rings. The second-order valence-electron chi connectivity index (χ2n) is 10.3. The van der Waals surface area contributed by atoms with Gasteiger partial charge in [0.1, 0.15) is 18.2 Å².